The Hall–Kier alpha value is -1.50. The predicted molar refractivity (Wildman–Crippen MR) is 59.1 cm³/mol. The Balaban J connectivity index is 3.04. The maximum Gasteiger partial charge on any atom is 0.380 e. The molecule has 0 aromatic carbocycles. The van der Waals surface area contributed by atoms with Gasteiger partial charge in [0, 0.05) is 18.8 Å². The van der Waals surface area contributed by atoms with E-state index in [0.29, 0.717) is 12.1 Å². The maximum absolute atomic E-state index is 13.6. The summed E-state index contributed by atoms with van der Waals surface area (Å²) in [5, 5.41) is 13.6. The van der Waals surface area contributed by atoms with Gasteiger partial charge in [-0.25, -0.2) is 4.79 Å². The van der Waals surface area contributed by atoms with E-state index in [1.165, 1.54) is 17.8 Å². The molecule has 0 aliphatic heterocycles. The SMILES string of the molecule is CCOC(=O)C(F)(F)C(O)c1cn(C)nc1CC. The molecule has 102 valence electrons. The molecule has 1 unspecified atom stereocenters. The molecule has 1 atom stereocenters. The molecule has 0 aliphatic rings. The fourth-order valence-electron chi connectivity index (χ4n) is 1.59. The van der Waals surface area contributed by atoms with Gasteiger partial charge in [0.25, 0.3) is 0 Å². The van der Waals surface area contributed by atoms with Gasteiger partial charge in [-0.15, -0.1) is 0 Å². The lowest BCUT2D eigenvalue weighted by molar-refractivity contribution is -0.189. The van der Waals surface area contributed by atoms with Crippen molar-refractivity contribution in [2.24, 2.45) is 7.05 Å². The van der Waals surface area contributed by atoms with Crippen LogP contribution < -0.4 is 0 Å². The number of hydrogen-bond acceptors (Lipinski definition) is 4. The van der Waals surface area contributed by atoms with Crippen molar-refractivity contribution in [3.05, 3.63) is 17.5 Å². The van der Waals surface area contributed by atoms with E-state index in [1.54, 1.807) is 14.0 Å². The number of aliphatic hydroxyl groups is 1. The van der Waals surface area contributed by atoms with Crippen LogP contribution >= 0.6 is 0 Å². The van der Waals surface area contributed by atoms with Crippen LogP contribution in [0.25, 0.3) is 0 Å². The second-order valence-corrected chi connectivity index (χ2v) is 3.80. The molecule has 1 aromatic rings. The number of rotatable bonds is 5. The highest BCUT2D eigenvalue weighted by molar-refractivity contribution is 5.78. The van der Waals surface area contributed by atoms with Crippen LogP contribution in [0.4, 0.5) is 8.78 Å². The highest BCUT2D eigenvalue weighted by Gasteiger charge is 2.50. The topological polar surface area (TPSA) is 64.3 Å². The van der Waals surface area contributed by atoms with Crippen LogP contribution in [-0.4, -0.2) is 33.4 Å². The van der Waals surface area contributed by atoms with Crippen LogP contribution in [0.15, 0.2) is 6.20 Å². The summed E-state index contributed by atoms with van der Waals surface area (Å²) in [6, 6.07) is 0. The van der Waals surface area contributed by atoms with Gasteiger partial charge in [-0.3, -0.25) is 4.68 Å². The van der Waals surface area contributed by atoms with E-state index >= 15 is 0 Å². The van der Waals surface area contributed by atoms with E-state index < -0.39 is 18.0 Å². The summed E-state index contributed by atoms with van der Waals surface area (Å²) in [5.41, 5.74) is 0.270. The molecule has 7 heteroatoms. The largest absolute Gasteiger partial charge is 0.461 e. The first-order valence-corrected chi connectivity index (χ1v) is 5.60. The van der Waals surface area contributed by atoms with E-state index in [-0.39, 0.29) is 12.2 Å². The summed E-state index contributed by atoms with van der Waals surface area (Å²) in [4.78, 5) is 11.1. The van der Waals surface area contributed by atoms with E-state index in [1.807, 2.05) is 0 Å². The van der Waals surface area contributed by atoms with Crippen LogP contribution in [0.2, 0.25) is 0 Å². The number of esters is 1. The third-order valence-corrected chi connectivity index (χ3v) is 2.46. The third kappa shape index (κ3) is 2.66. The highest BCUT2D eigenvalue weighted by Crippen LogP contribution is 2.34. The molecule has 1 rings (SSSR count). The van der Waals surface area contributed by atoms with Crippen LogP contribution in [0, 0.1) is 0 Å². The van der Waals surface area contributed by atoms with Gasteiger partial charge in [0.15, 0.2) is 6.10 Å². The molecule has 18 heavy (non-hydrogen) atoms. The molecular formula is C11H16F2N2O3. The Morgan fingerprint density at radius 2 is 2.22 bits per heavy atom. The lowest BCUT2D eigenvalue weighted by atomic mass is 10.0. The fraction of sp³-hybridized carbons (Fsp3) is 0.636. The van der Waals surface area contributed by atoms with E-state index in [4.69, 9.17) is 0 Å². The third-order valence-electron chi connectivity index (χ3n) is 2.46. The van der Waals surface area contributed by atoms with Gasteiger partial charge in [-0.05, 0) is 13.3 Å². The zero-order valence-electron chi connectivity index (χ0n) is 10.5. The van der Waals surface area contributed by atoms with Gasteiger partial charge in [-0.1, -0.05) is 6.92 Å². The molecule has 0 saturated heterocycles. The minimum absolute atomic E-state index is 0.0574. The molecule has 0 aliphatic carbocycles. The summed E-state index contributed by atoms with van der Waals surface area (Å²) >= 11 is 0. The van der Waals surface area contributed by atoms with Crippen molar-refractivity contribution < 1.29 is 23.4 Å². The molecule has 0 spiro atoms. The minimum atomic E-state index is -3.98. The van der Waals surface area contributed by atoms with Crippen molar-refractivity contribution in [1.82, 2.24) is 9.78 Å². The molecule has 0 radical (unpaired) electrons. The first-order valence-electron chi connectivity index (χ1n) is 5.60. The Bertz CT molecular complexity index is 432. The first-order chi connectivity index (χ1) is 8.34. The molecule has 1 aromatic heterocycles. The van der Waals surface area contributed by atoms with Crippen molar-refractivity contribution in [3.8, 4) is 0 Å². The zero-order valence-corrected chi connectivity index (χ0v) is 10.5. The normalized spacial score (nSPS) is 13.4. The Morgan fingerprint density at radius 3 is 2.72 bits per heavy atom. The fourth-order valence-corrected chi connectivity index (χ4v) is 1.59. The summed E-state index contributed by atoms with van der Waals surface area (Å²) < 4.78 is 32.9. The van der Waals surface area contributed by atoms with E-state index in [0.717, 1.165) is 0 Å². The second kappa shape index (κ2) is 5.43. The molecule has 0 amide bonds. The average Bonchev–Trinajstić information content (AvgIpc) is 2.69. The molecule has 0 bridgehead atoms. The first kappa shape index (κ1) is 14.6. The number of aliphatic hydroxyl groups excluding tert-OH is 1. The van der Waals surface area contributed by atoms with Crippen LogP contribution in [-0.2, 0) is 23.0 Å². The summed E-state index contributed by atoms with van der Waals surface area (Å²) in [6.45, 7) is 2.97. The predicted octanol–water partition coefficient (Wildman–Crippen LogP) is 1.21. The van der Waals surface area contributed by atoms with Crippen molar-refractivity contribution in [2.75, 3.05) is 6.61 Å². The summed E-state index contributed by atoms with van der Waals surface area (Å²) in [5.74, 6) is -5.72. The van der Waals surface area contributed by atoms with E-state index in [9.17, 15) is 18.7 Å². The number of hydrogen-bond donors (Lipinski definition) is 1. The number of halogens is 2. The Kier molecular flexibility index (Phi) is 4.39. The van der Waals surface area contributed by atoms with Gasteiger partial charge in [0.1, 0.15) is 0 Å². The molecular weight excluding hydrogens is 246 g/mol. The van der Waals surface area contributed by atoms with E-state index in [2.05, 4.69) is 9.84 Å². The van der Waals surface area contributed by atoms with Crippen LogP contribution in [0.1, 0.15) is 31.2 Å². The maximum atomic E-state index is 13.6. The molecule has 0 fully saturated rings. The standard InChI is InChI=1S/C11H16F2N2O3/c1-4-8-7(6-15(3)14-8)9(16)11(12,13)10(17)18-5-2/h6,9,16H,4-5H2,1-3H3. The van der Waals surface area contributed by atoms with Gasteiger partial charge < -0.3 is 9.84 Å². The van der Waals surface area contributed by atoms with Gasteiger partial charge in [-0.2, -0.15) is 13.9 Å². The van der Waals surface area contributed by atoms with Gasteiger partial charge >= 0.3 is 11.9 Å². The monoisotopic (exact) mass is 262 g/mol. The second-order valence-electron chi connectivity index (χ2n) is 3.80. The summed E-state index contributed by atoms with van der Waals surface area (Å²) in [7, 11) is 1.55. The molecule has 0 saturated carbocycles. The number of aryl methyl sites for hydroxylation is 2. The van der Waals surface area contributed by atoms with Crippen LogP contribution in [0.5, 0.6) is 0 Å². The average molecular weight is 262 g/mol. The molecule has 1 heterocycles. The quantitative estimate of drug-likeness (QED) is 0.810. The van der Waals surface area contributed by atoms with Crippen molar-refractivity contribution in [3.63, 3.8) is 0 Å². The van der Waals surface area contributed by atoms with Crippen LogP contribution in [0.3, 0.4) is 0 Å². The number of aromatic nitrogens is 2. The number of carbonyl (C=O) groups excluding carboxylic acids is 1. The lowest BCUT2D eigenvalue weighted by Crippen LogP contribution is -2.37. The zero-order chi connectivity index (χ0) is 13.9. The number of nitrogens with zero attached hydrogens (tertiary/aromatic N) is 2. The van der Waals surface area contributed by atoms with Gasteiger partial charge in [0.05, 0.1) is 12.3 Å². The van der Waals surface area contributed by atoms with Crippen molar-refractivity contribution >= 4 is 5.97 Å². The van der Waals surface area contributed by atoms with Crippen molar-refractivity contribution in [2.45, 2.75) is 32.3 Å². The Labute approximate surface area is 103 Å². The Morgan fingerprint density at radius 1 is 1.61 bits per heavy atom. The minimum Gasteiger partial charge on any atom is -0.461 e. The number of carbonyl (C=O) groups is 1. The molecule has 1 N–H and O–H groups in total. The number of alkyl halides is 2. The lowest BCUT2D eigenvalue weighted by Gasteiger charge is -2.20. The smallest absolute Gasteiger partial charge is 0.380 e. The van der Waals surface area contributed by atoms with Crippen molar-refractivity contribution in [1.29, 1.82) is 0 Å². The number of ether oxygens (including phenoxy) is 1. The summed E-state index contributed by atoms with van der Waals surface area (Å²) in [6.07, 6.45) is -0.594. The molecule has 5 nitrogen and oxygen atoms in total. The highest BCUT2D eigenvalue weighted by atomic mass is 19.3. The van der Waals surface area contributed by atoms with Gasteiger partial charge in [0.2, 0.25) is 0 Å².